The highest BCUT2D eigenvalue weighted by Crippen LogP contribution is 2.52. The van der Waals surface area contributed by atoms with Crippen LogP contribution in [-0.4, -0.2) is 24.9 Å². The lowest BCUT2D eigenvalue weighted by Gasteiger charge is -2.18. The average Bonchev–Trinajstić information content (AvgIpc) is 1.57. The number of amides is 2. The number of hydrogen-bond acceptors (Lipinski definition) is 6. The second-order valence-corrected chi connectivity index (χ2v) is 35.0. The quantitative estimate of drug-likeness (QED) is 0.0282. The number of carbonyl (C=O) groups excluding carboxylic acids is 2. The van der Waals surface area contributed by atoms with Gasteiger partial charge in [0.15, 0.2) is 0 Å². The molecule has 4 nitrogen and oxygen atoms in total. The standard InChI is InChI=1S/C90H132F2N2O2S4/c1-9-15-21-27-33-35-39-45-50-69(49-43-37-29-23-17-11-3)60-73-64-81(98-68(73)8)71-53-55-75-79(62-71)93(57-47-41-31-25-19-13-5)89(95)84(75)85-76-56-54-72(63-80(76)94(90(85)96)58-48-42-32-26-20-14-6)82-65-74(86(99-82)83-66-78(92)88(100-83)87-77(91)59-67(7)97-87)61-70(51-44-38-30-24-18-12-4)52-46-40-36-34-28-22-16-10-2/h53-56,59,62-66,69-70H,9-52,57-58,60-61H2,1-8H3/b85-84+. The molecule has 0 radical (unpaired) electrons. The summed E-state index contributed by atoms with van der Waals surface area (Å²) in [4.78, 5) is 42.8. The van der Waals surface area contributed by atoms with Crippen molar-refractivity contribution in [1.82, 2.24) is 0 Å². The van der Waals surface area contributed by atoms with Crippen LogP contribution in [0, 0.1) is 37.3 Å². The van der Waals surface area contributed by atoms with Crippen LogP contribution in [0.25, 0.3) is 51.5 Å². The molecule has 0 fully saturated rings. The predicted molar refractivity (Wildman–Crippen MR) is 439 cm³/mol. The molecule has 2 aliphatic heterocycles. The fourth-order valence-electron chi connectivity index (χ4n) is 15.9. The maximum absolute atomic E-state index is 16.4. The smallest absolute Gasteiger partial charge is 0.259 e. The van der Waals surface area contributed by atoms with Gasteiger partial charge < -0.3 is 9.80 Å². The van der Waals surface area contributed by atoms with Gasteiger partial charge in [0.05, 0.1) is 32.3 Å². The molecule has 4 aromatic heterocycles. The van der Waals surface area contributed by atoms with Gasteiger partial charge in [-0.05, 0) is 110 Å². The summed E-state index contributed by atoms with van der Waals surface area (Å²) in [6.45, 7) is 19.1. The summed E-state index contributed by atoms with van der Waals surface area (Å²) >= 11 is 6.33. The van der Waals surface area contributed by atoms with Crippen LogP contribution in [-0.2, 0) is 22.4 Å². The Labute approximate surface area is 623 Å². The van der Waals surface area contributed by atoms with Crippen LogP contribution in [0.1, 0.15) is 356 Å². The van der Waals surface area contributed by atoms with Gasteiger partial charge >= 0.3 is 0 Å². The van der Waals surface area contributed by atoms with Crippen molar-refractivity contribution in [1.29, 1.82) is 0 Å². The lowest BCUT2D eigenvalue weighted by atomic mass is 9.88. The highest BCUT2D eigenvalue weighted by molar-refractivity contribution is 7.27. The maximum atomic E-state index is 16.4. The fraction of sp³-hybridized carbons (Fsp3) is 0.644. The number of anilines is 2. The second-order valence-electron chi connectivity index (χ2n) is 30.4. The van der Waals surface area contributed by atoms with E-state index in [4.69, 9.17) is 0 Å². The molecule has 0 saturated heterocycles. The Morgan fingerprint density at radius 2 is 0.670 bits per heavy atom. The topological polar surface area (TPSA) is 40.6 Å². The van der Waals surface area contributed by atoms with Gasteiger partial charge in [0.25, 0.3) is 11.8 Å². The van der Waals surface area contributed by atoms with Crippen LogP contribution in [0.4, 0.5) is 20.2 Å². The molecule has 0 bridgehead atoms. The first-order chi connectivity index (χ1) is 48.9. The maximum Gasteiger partial charge on any atom is 0.259 e. The largest absolute Gasteiger partial charge is 0.308 e. The van der Waals surface area contributed by atoms with E-state index in [1.165, 1.54) is 294 Å². The SMILES string of the molecule is CCCCCCCCCCC(CCCCCCCC)Cc1cc(-c2ccc3c(c2)N(CCCCCCCC)C(=O)/C3=C2/C(=O)N(CCCCCCCC)c3cc(-c4cc(CC(CCCCCCCC)CCCCCCCCCC)c(-c5cc(F)c(-c6sc(C)cc6F)s5)s4)ccc32)sc1C. The van der Waals surface area contributed by atoms with Gasteiger partial charge in [-0.2, -0.15) is 0 Å². The van der Waals surface area contributed by atoms with E-state index in [0.29, 0.717) is 45.8 Å². The van der Waals surface area contributed by atoms with Gasteiger partial charge in [0, 0.05) is 53.5 Å². The molecule has 10 heteroatoms. The normalized spacial score (nSPS) is 14.4. The van der Waals surface area contributed by atoms with E-state index in [-0.39, 0.29) is 23.4 Å². The minimum absolute atomic E-state index is 0.0581. The van der Waals surface area contributed by atoms with Crippen LogP contribution >= 0.6 is 45.3 Å². The number of nitrogens with zero attached hydrogens (tertiary/aromatic N) is 2. The summed E-state index contributed by atoms with van der Waals surface area (Å²) in [7, 11) is 0. The molecule has 2 aromatic carbocycles. The van der Waals surface area contributed by atoms with E-state index in [0.717, 1.165) is 105 Å². The number of carbonyl (C=O) groups is 2. The van der Waals surface area contributed by atoms with Crippen LogP contribution in [0.15, 0.2) is 60.7 Å². The zero-order valence-corrected chi connectivity index (χ0v) is 67.2. The molecule has 8 rings (SSSR count). The van der Waals surface area contributed by atoms with E-state index < -0.39 is 0 Å². The third kappa shape index (κ3) is 24.4. The first kappa shape index (κ1) is 81.4. The van der Waals surface area contributed by atoms with Crippen molar-refractivity contribution in [3.05, 3.63) is 104 Å². The van der Waals surface area contributed by atoms with E-state index >= 15 is 18.4 Å². The molecule has 0 saturated carbocycles. The number of halogens is 2. The van der Waals surface area contributed by atoms with Gasteiger partial charge in [0.2, 0.25) is 0 Å². The molecule has 100 heavy (non-hydrogen) atoms. The van der Waals surface area contributed by atoms with Crippen molar-refractivity contribution < 1.29 is 18.4 Å². The van der Waals surface area contributed by atoms with Crippen LogP contribution < -0.4 is 9.80 Å². The lowest BCUT2D eigenvalue weighted by Crippen LogP contribution is -2.30. The monoisotopic (exact) mass is 1440 g/mol. The van der Waals surface area contributed by atoms with Gasteiger partial charge in [-0.3, -0.25) is 9.59 Å². The summed E-state index contributed by atoms with van der Waals surface area (Å²) in [5.41, 5.74) is 9.49. The first-order valence-corrected chi connectivity index (χ1v) is 44.6. The Hall–Kier alpha value is -4.22. The van der Waals surface area contributed by atoms with Gasteiger partial charge in [-0.15, -0.1) is 45.3 Å². The zero-order chi connectivity index (χ0) is 70.9. The summed E-state index contributed by atoms with van der Waals surface area (Å²) < 4.78 is 32.0. The predicted octanol–water partition coefficient (Wildman–Crippen LogP) is 30.7. The Morgan fingerprint density at radius 1 is 0.340 bits per heavy atom. The van der Waals surface area contributed by atoms with Gasteiger partial charge in [0.1, 0.15) is 11.6 Å². The number of benzene rings is 2. The molecule has 0 spiro atoms. The van der Waals surface area contributed by atoms with E-state index in [1.807, 2.05) is 28.1 Å². The van der Waals surface area contributed by atoms with Crippen LogP contribution in [0.5, 0.6) is 0 Å². The van der Waals surface area contributed by atoms with Crippen LogP contribution in [0.2, 0.25) is 0 Å². The molecule has 6 aromatic rings. The molecule has 6 heterocycles. The highest BCUT2D eigenvalue weighted by atomic mass is 32.1. The Bertz CT molecular complexity index is 3390. The summed E-state index contributed by atoms with van der Waals surface area (Å²) in [5.74, 6) is 0.328. The molecule has 0 N–H and O–H groups in total. The number of aryl methyl sites for hydroxylation is 2. The average molecular weight is 1440 g/mol. The van der Waals surface area contributed by atoms with Crippen molar-refractivity contribution in [2.24, 2.45) is 11.8 Å². The number of hydrogen-bond donors (Lipinski definition) is 0. The Morgan fingerprint density at radius 3 is 1.06 bits per heavy atom. The lowest BCUT2D eigenvalue weighted by molar-refractivity contribution is -0.114. The van der Waals surface area contributed by atoms with Crippen LogP contribution in [0.3, 0.4) is 0 Å². The van der Waals surface area contributed by atoms with E-state index in [1.54, 1.807) is 17.4 Å². The number of thiophene rings is 4. The number of unbranched alkanes of at least 4 members (excludes halogenated alkanes) is 34. The zero-order valence-electron chi connectivity index (χ0n) is 64.0. The van der Waals surface area contributed by atoms with Crippen molar-refractivity contribution in [2.45, 2.75) is 351 Å². The van der Waals surface area contributed by atoms with Crippen molar-refractivity contribution in [3.63, 3.8) is 0 Å². The molecule has 552 valence electrons. The third-order valence-electron chi connectivity index (χ3n) is 22.0. The Kier molecular flexibility index (Phi) is 36.8. The van der Waals surface area contributed by atoms with E-state index in [2.05, 4.69) is 97.0 Å². The van der Waals surface area contributed by atoms with Gasteiger partial charge in [-0.1, -0.05) is 335 Å². The molecular weight excluding hydrogens is 1310 g/mol. The highest BCUT2D eigenvalue weighted by Gasteiger charge is 2.42. The molecular formula is C90H132F2N2O2S4. The first-order valence-electron chi connectivity index (χ1n) is 41.4. The summed E-state index contributed by atoms with van der Waals surface area (Å²) in [6.07, 6.45) is 57.3. The molecule has 2 unspecified atom stereocenters. The molecule has 0 aliphatic carbocycles. The molecule has 2 atom stereocenters. The van der Waals surface area contributed by atoms with Crippen molar-refractivity contribution in [3.8, 4) is 40.4 Å². The number of fused-ring (bicyclic) bond motifs is 2. The van der Waals surface area contributed by atoms with E-state index in [9.17, 15) is 0 Å². The van der Waals surface area contributed by atoms with Crippen molar-refractivity contribution >= 4 is 79.7 Å². The minimum atomic E-state index is -0.367. The molecule has 2 aliphatic rings. The van der Waals surface area contributed by atoms with Gasteiger partial charge in [-0.25, -0.2) is 8.78 Å². The Balaban J connectivity index is 1.16. The molecule has 2 amide bonds. The number of rotatable bonds is 54. The summed E-state index contributed by atoms with van der Waals surface area (Å²) in [6, 6.07) is 21.3. The third-order valence-corrected chi connectivity index (χ3v) is 26.8. The fourth-order valence-corrected chi connectivity index (χ4v) is 20.4. The van der Waals surface area contributed by atoms with Crippen molar-refractivity contribution in [2.75, 3.05) is 22.9 Å². The minimum Gasteiger partial charge on any atom is -0.308 e. The second kappa shape index (κ2) is 45.2. The summed E-state index contributed by atoms with van der Waals surface area (Å²) in [5, 5.41) is 0.